The van der Waals surface area contributed by atoms with Crippen LogP contribution >= 0.6 is 0 Å². The normalized spacial score (nSPS) is 35.7. The van der Waals surface area contributed by atoms with Crippen molar-refractivity contribution in [2.75, 3.05) is 6.79 Å². The highest BCUT2D eigenvalue weighted by Crippen LogP contribution is 2.57. The lowest BCUT2D eigenvalue weighted by Gasteiger charge is -2.26. The van der Waals surface area contributed by atoms with Crippen molar-refractivity contribution in [2.24, 2.45) is 17.3 Å². The maximum absolute atomic E-state index is 12.7. The van der Waals surface area contributed by atoms with Gasteiger partial charge in [-0.3, -0.25) is 9.59 Å². The van der Waals surface area contributed by atoms with E-state index in [-0.39, 0.29) is 30.2 Å². The summed E-state index contributed by atoms with van der Waals surface area (Å²) in [4.78, 5) is 25.0. The zero-order valence-electron chi connectivity index (χ0n) is 12.3. The number of carbonyl (C=O) groups excluding carboxylic acids is 2. The summed E-state index contributed by atoms with van der Waals surface area (Å²) in [6.07, 6.45) is 1.42. The van der Waals surface area contributed by atoms with Gasteiger partial charge in [0.15, 0.2) is 23.0 Å². The van der Waals surface area contributed by atoms with Crippen molar-refractivity contribution in [3.8, 4) is 11.5 Å². The Morgan fingerprint density at radius 3 is 2.73 bits per heavy atom. The van der Waals surface area contributed by atoms with Crippen molar-refractivity contribution in [2.45, 2.75) is 19.8 Å². The predicted molar refractivity (Wildman–Crippen MR) is 76.8 cm³/mol. The fourth-order valence-corrected chi connectivity index (χ4v) is 3.98. The van der Waals surface area contributed by atoms with Gasteiger partial charge < -0.3 is 14.6 Å². The van der Waals surface area contributed by atoms with Crippen LogP contribution in [-0.4, -0.2) is 23.5 Å². The average molecular weight is 300 g/mol. The molecule has 4 atom stereocenters. The molecule has 5 nitrogen and oxygen atoms in total. The van der Waals surface area contributed by atoms with Gasteiger partial charge >= 0.3 is 0 Å². The lowest BCUT2D eigenvalue weighted by atomic mass is 9.75. The van der Waals surface area contributed by atoms with Gasteiger partial charge in [0.25, 0.3) is 0 Å². The summed E-state index contributed by atoms with van der Waals surface area (Å²) in [6, 6.07) is 5.51. The van der Waals surface area contributed by atoms with Gasteiger partial charge in [-0.1, -0.05) is 13.0 Å². The molecule has 1 heterocycles. The molecule has 22 heavy (non-hydrogen) atoms. The molecule has 1 aliphatic heterocycles. The average Bonchev–Trinajstić information content (AvgIpc) is 3.00. The summed E-state index contributed by atoms with van der Waals surface area (Å²) in [5.74, 6) is -0.734. The monoisotopic (exact) mass is 300 g/mol. The van der Waals surface area contributed by atoms with Gasteiger partial charge in [-0.05, 0) is 36.6 Å². The SMILES string of the molecule is C[C@@H]1[C@@H](c2ccc3c(c2)OCO3)[C@H]2C(=O)C(O)=C[C@]1(C)C2=O. The van der Waals surface area contributed by atoms with Crippen molar-refractivity contribution in [3.05, 3.63) is 35.6 Å². The molecule has 1 fully saturated rings. The van der Waals surface area contributed by atoms with Gasteiger partial charge in [0.05, 0.1) is 11.3 Å². The number of fused-ring (bicyclic) bond motifs is 3. The Labute approximate surface area is 127 Å². The van der Waals surface area contributed by atoms with E-state index in [9.17, 15) is 14.7 Å². The number of rotatable bonds is 1. The molecule has 0 aromatic heterocycles. The van der Waals surface area contributed by atoms with Crippen molar-refractivity contribution in [1.82, 2.24) is 0 Å². The molecule has 1 saturated carbocycles. The highest BCUT2D eigenvalue weighted by atomic mass is 16.7. The maximum atomic E-state index is 12.7. The number of allylic oxidation sites excluding steroid dienone is 2. The molecular formula is C17H16O5. The first kappa shape index (κ1) is 13.4. The van der Waals surface area contributed by atoms with Crippen LogP contribution in [0.15, 0.2) is 30.0 Å². The Hall–Kier alpha value is -2.30. The molecule has 0 unspecified atom stereocenters. The summed E-state index contributed by atoms with van der Waals surface area (Å²) in [5, 5.41) is 9.89. The first-order chi connectivity index (χ1) is 10.4. The van der Waals surface area contributed by atoms with Crippen LogP contribution in [-0.2, 0) is 9.59 Å². The summed E-state index contributed by atoms with van der Waals surface area (Å²) in [5.41, 5.74) is 0.0687. The number of carbonyl (C=O) groups is 2. The summed E-state index contributed by atoms with van der Waals surface area (Å²) in [7, 11) is 0. The van der Waals surface area contributed by atoms with Crippen LogP contribution in [0.2, 0.25) is 0 Å². The lowest BCUT2D eigenvalue weighted by molar-refractivity contribution is -0.135. The Kier molecular flexibility index (Phi) is 2.50. The second-order valence-corrected chi connectivity index (χ2v) is 6.45. The van der Waals surface area contributed by atoms with Gasteiger partial charge in [-0.25, -0.2) is 0 Å². The van der Waals surface area contributed by atoms with Crippen LogP contribution in [0.4, 0.5) is 0 Å². The number of aliphatic hydroxyl groups excluding tert-OH is 1. The molecule has 5 heteroatoms. The van der Waals surface area contributed by atoms with Crippen molar-refractivity contribution in [3.63, 3.8) is 0 Å². The Balaban J connectivity index is 1.84. The number of benzene rings is 1. The molecule has 3 aliphatic rings. The molecule has 2 bridgehead atoms. The topological polar surface area (TPSA) is 72.8 Å². The van der Waals surface area contributed by atoms with E-state index in [1.165, 1.54) is 6.08 Å². The number of hydrogen-bond acceptors (Lipinski definition) is 5. The van der Waals surface area contributed by atoms with Crippen LogP contribution in [0.3, 0.4) is 0 Å². The highest BCUT2D eigenvalue weighted by molar-refractivity contribution is 6.16. The summed E-state index contributed by atoms with van der Waals surface area (Å²) < 4.78 is 10.7. The molecule has 0 amide bonds. The zero-order chi connectivity index (χ0) is 15.6. The Bertz CT molecular complexity index is 735. The molecule has 114 valence electrons. The Morgan fingerprint density at radius 2 is 1.95 bits per heavy atom. The number of ketones is 2. The summed E-state index contributed by atoms with van der Waals surface area (Å²) in [6.45, 7) is 3.93. The fourth-order valence-electron chi connectivity index (χ4n) is 3.98. The van der Waals surface area contributed by atoms with Crippen LogP contribution in [0.5, 0.6) is 11.5 Å². The molecule has 4 rings (SSSR count). The smallest absolute Gasteiger partial charge is 0.231 e. The maximum Gasteiger partial charge on any atom is 0.231 e. The highest BCUT2D eigenvalue weighted by Gasteiger charge is 2.60. The zero-order valence-corrected chi connectivity index (χ0v) is 12.3. The third-order valence-electron chi connectivity index (χ3n) is 5.41. The van der Waals surface area contributed by atoms with E-state index < -0.39 is 17.1 Å². The van der Waals surface area contributed by atoms with E-state index in [2.05, 4.69) is 0 Å². The van der Waals surface area contributed by atoms with Crippen molar-refractivity contribution in [1.29, 1.82) is 0 Å². The minimum Gasteiger partial charge on any atom is -0.505 e. The number of hydrogen-bond donors (Lipinski definition) is 1. The molecule has 1 aromatic rings. The standard InChI is InChI=1S/C17H16O5/c1-8-13(9-3-4-11-12(5-9)22-7-21-11)14-15(19)10(18)6-17(8,2)16(14)20/h3-6,8,13-14,18H,7H2,1-2H3/t8-,13+,14+,17+/m1/s1. The molecule has 0 saturated heterocycles. The first-order valence-electron chi connectivity index (χ1n) is 7.33. The number of Topliss-reactive ketones (excluding diaryl/α,β-unsaturated/α-hetero) is 2. The van der Waals surface area contributed by atoms with Crippen molar-refractivity contribution < 1.29 is 24.2 Å². The van der Waals surface area contributed by atoms with Crippen molar-refractivity contribution >= 4 is 11.6 Å². The minimum atomic E-state index is -0.814. The largest absolute Gasteiger partial charge is 0.505 e. The van der Waals surface area contributed by atoms with Crippen LogP contribution in [0, 0.1) is 17.3 Å². The summed E-state index contributed by atoms with van der Waals surface area (Å²) >= 11 is 0. The molecular weight excluding hydrogens is 284 g/mol. The molecule has 2 aliphatic carbocycles. The van der Waals surface area contributed by atoms with Gasteiger partial charge in [-0.15, -0.1) is 0 Å². The molecule has 1 aromatic carbocycles. The first-order valence-corrected chi connectivity index (χ1v) is 7.33. The van der Waals surface area contributed by atoms with Gasteiger partial charge in [-0.2, -0.15) is 0 Å². The third-order valence-corrected chi connectivity index (χ3v) is 5.41. The van der Waals surface area contributed by atoms with Gasteiger partial charge in [0.1, 0.15) is 0 Å². The van der Waals surface area contributed by atoms with E-state index in [0.717, 1.165) is 5.56 Å². The molecule has 1 N–H and O–H groups in total. The van der Waals surface area contributed by atoms with E-state index in [1.54, 1.807) is 13.0 Å². The van der Waals surface area contributed by atoms with Gasteiger partial charge in [0, 0.05) is 5.92 Å². The molecule has 0 radical (unpaired) electrons. The van der Waals surface area contributed by atoms with Gasteiger partial charge in [0.2, 0.25) is 12.6 Å². The van der Waals surface area contributed by atoms with Crippen LogP contribution in [0.25, 0.3) is 0 Å². The number of aliphatic hydroxyl groups is 1. The lowest BCUT2D eigenvalue weighted by Crippen LogP contribution is -2.35. The van der Waals surface area contributed by atoms with Crippen LogP contribution in [0.1, 0.15) is 25.3 Å². The third kappa shape index (κ3) is 1.48. The van der Waals surface area contributed by atoms with E-state index >= 15 is 0 Å². The van der Waals surface area contributed by atoms with E-state index in [0.29, 0.717) is 11.5 Å². The Morgan fingerprint density at radius 1 is 1.23 bits per heavy atom. The van der Waals surface area contributed by atoms with E-state index in [4.69, 9.17) is 9.47 Å². The van der Waals surface area contributed by atoms with Crippen LogP contribution < -0.4 is 9.47 Å². The number of ether oxygens (including phenoxy) is 2. The fraction of sp³-hybridized carbons (Fsp3) is 0.412. The minimum absolute atomic E-state index is 0.0843. The molecule has 0 spiro atoms. The second-order valence-electron chi connectivity index (χ2n) is 6.45. The predicted octanol–water partition coefficient (Wildman–Crippen LogP) is 2.36. The quantitative estimate of drug-likeness (QED) is 0.806. The van der Waals surface area contributed by atoms with E-state index in [1.807, 2.05) is 19.1 Å². The second kappa shape index (κ2) is 4.12.